The van der Waals surface area contributed by atoms with Crippen molar-refractivity contribution >= 4 is 17.6 Å². The first-order valence-corrected chi connectivity index (χ1v) is 6.96. The molecule has 0 aliphatic heterocycles. The van der Waals surface area contributed by atoms with Crippen LogP contribution >= 0.6 is 11.6 Å². The summed E-state index contributed by atoms with van der Waals surface area (Å²) >= 11 is 5.97. The van der Waals surface area contributed by atoms with Crippen molar-refractivity contribution in [2.24, 2.45) is 0 Å². The van der Waals surface area contributed by atoms with Gasteiger partial charge in [-0.25, -0.2) is 0 Å². The molecule has 1 heterocycles. The Hall–Kier alpha value is -1.88. The molecular weight excluding hydrogens is 292 g/mol. The quantitative estimate of drug-likeness (QED) is 0.807. The van der Waals surface area contributed by atoms with Gasteiger partial charge in [0.15, 0.2) is 11.9 Å². The summed E-state index contributed by atoms with van der Waals surface area (Å²) in [6.07, 6.45) is -0.600. The zero-order valence-electron chi connectivity index (χ0n) is 12.4. The zero-order valence-corrected chi connectivity index (χ0v) is 13.1. The lowest BCUT2D eigenvalue weighted by Crippen LogP contribution is -2.31. The third-order valence-corrected chi connectivity index (χ3v) is 3.47. The van der Waals surface area contributed by atoms with E-state index in [0.29, 0.717) is 10.8 Å². The fourth-order valence-electron chi connectivity index (χ4n) is 1.83. The number of aromatic nitrogens is 2. The third-order valence-electron chi connectivity index (χ3n) is 3.23. The Kier molecular flexibility index (Phi) is 4.32. The van der Waals surface area contributed by atoms with Gasteiger partial charge in [0.05, 0.1) is 5.41 Å². The van der Waals surface area contributed by atoms with Crippen LogP contribution in [-0.2, 0) is 14.9 Å². The van der Waals surface area contributed by atoms with E-state index < -0.39 is 11.5 Å². The molecule has 1 aromatic carbocycles. The van der Waals surface area contributed by atoms with Gasteiger partial charge >= 0.3 is 5.97 Å². The second-order valence-electron chi connectivity index (χ2n) is 5.36. The van der Waals surface area contributed by atoms with Crippen LogP contribution < -0.4 is 0 Å². The highest BCUT2D eigenvalue weighted by Gasteiger charge is 2.34. The monoisotopic (exact) mass is 308 g/mol. The molecule has 0 spiro atoms. The highest BCUT2D eigenvalue weighted by Crippen LogP contribution is 2.29. The Morgan fingerprint density at radius 1 is 1.43 bits per heavy atom. The van der Waals surface area contributed by atoms with E-state index >= 15 is 0 Å². The van der Waals surface area contributed by atoms with E-state index in [-0.39, 0.29) is 11.9 Å². The molecule has 0 amide bonds. The molecule has 6 heteroatoms. The molecule has 21 heavy (non-hydrogen) atoms. The molecule has 1 atom stereocenters. The van der Waals surface area contributed by atoms with Gasteiger partial charge in [0.2, 0.25) is 0 Å². The van der Waals surface area contributed by atoms with Gasteiger partial charge in [0.25, 0.3) is 5.89 Å². The van der Waals surface area contributed by atoms with E-state index in [0.717, 1.165) is 5.56 Å². The van der Waals surface area contributed by atoms with E-state index in [9.17, 15) is 4.79 Å². The van der Waals surface area contributed by atoms with Crippen LogP contribution in [-0.4, -0.2) is 16.1 Å². The lowest BCUT2D eigenvalue weighted by atomic mass is 9.85. The maximum atomic E-state index is 12.4. The summed E-state index contributed by atoms with van der Waals surface area (Å²) in [5.41, 5.74) is -0.0391. The van der Waals surface area contributed by atoms with Gasteiger partial charge in [-0.3, -0.25) is 4.79 Å². The largest absolute Gasteiger partial charge is 0.452 e. The zero-order chi connectivity index (χ0) is 15.6. The number of nitrogens with zero attached hydrogens (tertiary/aromatic N) is 2. The van der Waals surface area contributed by atoms with Crippen molar-refractivity contribution in [3.63, 3.8) is 0 Å². The second-order valence-corrected chi connectivity index (χ2v) is 5.80. The van der Waals surface area contributed by atoms with Crippen LogP contribution in [0.1, 0.15) is 44.2 Å². The first-order valence-electron chi connectivity index (χ1n) is 6.58. The second kappa shape index (κ2) is 5.85. The van der Waals surface area contributed by atoms with Crippen LogP contribution in [0.4, 0.5) is 0 Å². The molecule has 0 saturated carbocycles. The van der Waals surface area contributed by atoms with E-state index in [1.54, 1.807) is 45.9 Å². The smallest absolute Gasteiger partial charge is 0.316 e. The van der Waals surface area contributed by atoms with E-state index in [1.165, 1.54) is 0 Å². The van der Waals surface area contributed by atoms with Crippen LogP contribution in [0, 0.1) is 6.92 Å². The van der Waals surface area contributed by atoms with Crippen LogP contribution in [0.5, 0.6) is 0 Å². The van der Waals surface area contributed by atoms with Crippen LogP contribution in [0.15, 0.2) is 28.8 Å². The number of hydrogen-bond acceptors (Lipinski definition) is 5. The minimum Gasteiger partial charge on any atom is -0.452 e. The molecular formula is C15H17ClN2O3. The number of carbonyl (C=O) groups is 1. The number of benzene rings is 1. The Morgan fingerprint density at radius 3 is 2.71 bits per heavy atom. The van der Waals surface area contributed by atoms with Crippen LogP contribution in [0.25, 0.3) is 0 Å². The first kappa shape index (κ1) is 15.5. The fraction of sp³-hybridized carbons (Fsp3) is 0.400. The Bertz CT molecular complexity index is 652. The standard InChI is InChI=1S/C15H17ClN2O3/c1-9(13-17-10(2)18-21-13)20-14(19)15(3,4)11-6-5-7-12(16)8-11/h5-9H,1-4H3. The molecule has 2 aromatic rings. The number of esters is 1. The molecule has 5 nitrogen and oxygen atoms in total. The number of ether oxygens (including phenoxy) is 1. The maximum Gasteiger partial charge on any atom is 0.316 e. The summed E-state index contributed by atoms with van der Waals surface area (Å²) in [6, 6.07) is 7.16. The lowest BCUT2D eigenvalue weighted by Gasteiger charge is -2.24. The van der Waals surface area contributed by atoms with E-state index in [4.69, 9.17) is 20.9 Å². The minimum absolute atomic E-state index is 0.280. The fourth-order valence-corrected chi connectivity index (χ4v) is 2.02. The Balaban J connectivity index is 2.15. The van der Waals surface area contributed by atoms with E-state index in [2.05, 4.69) is 10.1 Å². The van der Waals surface area contributed by atoms with Gasteiger partial charge in [0.1, 0.15) is 0 Å². The summed E-state index contributed by atoms with van der Waals surface area (Å²) in [5, 5.41) is 4.26. The number of rotatable bonds is 4. The molecule has 0 aliphatic rings. The molecule has 0 bridgehead atoms. The van der Waals surface area contributed by atoms with Gasteiger partial charge in [-0.15, -0.1) is 0 Å². The lowest BCUT2D eigenvalue weighted by molar-refractivity contribution is -0.155. The molecule has 0 fully saturated rings. The number of hydrogen-bond donors (Lipinski definition) is 0. The number of carbonyl (C=O) groups excluding carboxylic acids is 1. The highest BCUT2D eigenvalue weighted by molar-refractivity contribution is 6.30. The average Bonchev–Trinajstić information content (AvgIpc) is 2.85. The molecule has 0 aliphatic carbocycles. The first-order chi connectivity index (χ1) is 9.80. The topological polar surface area (TPSA) is 65.2 Å². The Morgan fingerprint density at radius 2 is 2.14 bits per heavy atom. The molecule has 1 aromatic heterocycles. The van der Waals surface area contributed by atoms with Crippen molar-refractivity contribution in [2.45, 2.75) is 39.2 Å². The summed E-state index contributed by atoms with van der Waals surface area (Å²) in [6.45, 7) is 6.97. The predicted octanol–water partition coefficient (Wildman–Crippen LogP) is 3.61. The van der Waals surface area contributed by atoms with Gasteiger partial charge in [-0.2, -0.15) is 4.98 Å². The van der Waals surface area contributed by atoms with Crippen molar-refractivity contribution in [2.75, 3.05) is 0 Å². The third kappa shape index (κ3) is 3.42. The average molecular weight is 309 g/mol. The Labute approximate surface area is 128 Å². The number of aryl methyl sites for hydroxylation is 1. The predicted molar refractivity (Wildman–Crippen MR) is 78.0 cm³/mol. The molecule has 0 N–H and O–H groups in total. The SMILES string of the molecule is Cc1noc(C(C)OC(=O)C(C)(C)c2cccc(Cl)c2)n1. The molecule has 2 rings (SSSR count). The summed E-state index contributed by atoms with van der Waals surface area (Å²) in [7, 11) is 0. The summed E-state index contributed by atoms with van der Waals surface area (Å²) in [4.78, 5) is 16.5. The minimum atomic E-state index is -0.825. The highest BCUT2D eigenvalue weighted by atomic mass is 35.5. The molecule has 112 valence electrons. The molecule has 1 unspecified atom stereocenters. The normalized spacial score (nSPS) is 13.0. The van der Waals surface area contributed by atoms with E-state index in [1.807, 2.05) is 6.07 Å². The van der Waals surface area contributed by atoms with Gasteiger partial charge in [0, 0.05) is 5.02 Å². The van der Waals surface area contributed by atoms with Crippen molar-refractivity contribution in [3.05, 3.63) is 46.6 Å². The summed E-state index contributed by atoms with van der Waals surface area (Å²) in [5.74, 6) is 0.401. The van der Waals surface area contributed by atoms with Gasteiger partial charge in [-0.05, 0) is 45.4 Å². The molecule has 0 saturated heterocycles. The van der Waals surface area contributed by atoms with Gasteiger partial charge in [-0.1, -0.05) is 28.9 Å². The van der Waals surface area contributed by atoms with Crippen molar-refractivity contribution in [1.29, 1.82) is 0 Å². The molecule has 0 radical (unpaired) electrons. The van der Waals surface area contributed by atoms with Crippen molar-refractivity contribution in [1.82, 2.24) is 10.1 Å². The van der Waals surface area contributed by atoms with Crippen LogP contribution in [0.3, 0.4) is 0 Å². The number of halogens is 1. The van der Waals surface area contributed by atoms with Gasteiger partial charge < -0.3 is 9.26 Å². The van der Waals surface area contributed by atoms with Crippen molar-refractivity contribution in [3.8, 4) is 0 Å². The van der Waals surface area contributed by atoms with Crippen LogP contribution in [0.2, 0.25) is 5.02 Å². The summed E-state index contributed by atoms with van der Waals surface area (Å²) < 4.78 is 10.4. The maximum absolute atomic E-state index is 12.4. The van der Waals surface area contributed by atoms with Crippen molar-refractivity contribution < 1.29 is 14.1 Å².